The van der Waals surface area contributed by atoms with Gasteiger partial charge in [0.05, 0.1) is 24.6 Å². The van der Waals surface area contributed by atoms with Gasteiger partial charge in [-0.1, -0.05) is 12.1 Å². The molecule has 29 heavy (non-hydrogen) atoms. The van der Waals surface area contributed by atoms with E-state index in [4.69, 9.17) is 13.9 Å². The predicted octanol–water partition coefficient (Wildman–Crippen LogP) is 3.37. The van der Waals surface area contributed by atoms with E-state index in [0.29, 0.717) is 17.9 Å². The van der Waals surface area contributed by atoms with Crippen LogP contribution in [0.15, 0.2) is 70.4 Å². The minimum Gasteiger partial charge on any atom is -0.507 e. The molecule has 1 amide bonds. The minimum atomic E-state index is -0.646. The van der Waals surface area contributed by atoms with Gasteiger partial charge in [0.2, 0.25) is 5.76 Å². The number of carbonyl (C=O) groups is 2. The summed E-state index contributed by atoms with van der Waals surface area (Å²) >= 11 is 0. The average molecular weight is 394 g/mol. The van der Waals surface area contributed by atoms with E-state index < -0.39 is 11.9 Å². The summed E-state index contributed by atoms with van der Waals surface area (Å²) in [7, 11) is 0. The van der Waals surface area contributed by atoms with Crippen LogP contribution >= 0.6 is 0 Å². The van der Waals surface area contributed by atoms with Crippen LogP contribution in [0.2, 0.25) is 0 Å². The van der Waals surface area contributed by atoms with E-state index in [2.05, 4.69) is 10.5 Å². The van der Waals surface area contributed by atoms with Crippen LogP contribution in [0.5, 0.6) is 17.2 Å². The second-order valence-corrected chi connectivity index (χ2v) is 5.72. The number of carbonyl (C=O) groups excluding carboxylic acids is 2. The van der Waals surface area contributed by atoms with Gasteiger partial charge in [-0.25, -0.2) is 10.2 Å². The van der Waals surface area contributed by atoms with Crippen LogP contribution in [0, 0.1) is 0 Å². The first-order valence-electron chi connectivity index (χ1n) is 8.72. The highest BCUT2D eigenvalue weighted by molar-refractivity contribution is 5.97. The molecule has 0 spiro atoms. The largest absolute Gasteiger partial charge is 0.507 e. The average Bonchev–Trinajstić information content (AvgIpc) is 3.25. The van der Waals surface area contributed by atoms with Crippen molar-refractivity contribution in [2.75, 3.05) is 6.61 Å². The second kappa shape index (κ2) is 9.23. The maximum atomic E-state index is 12.1. The molecule has 0 saturated heterocycles. The Bertz CT molecular complexity index is 1030. The Morgan fingerprint density at radius 3 is 2.69 bits per heavy atom. The molecule has 3 rings (SSSR count). The quantitative estimate of drug-likeness (QED) is 0.275. The van der Waals surface area contributed by atoms with Gasteiger partial charge in [-0.2, -0.15) is 5.10 Å². The molecule has 3 aromatic rings. The van der Waals surface area contributed by atoms with Crippen LogP contribution in [-0.4, -0.2) is 29.8 Å². The number of nitrogens with zero attached hydrogens (tertiary/aromatic N) is 1. The molecule has 8 heteroatoms. The van der Waals surface area contributed by atoms with Gasteiger partial charge in [0.15, 0.2) is 11.5 Å². The first-order chi connectivity index (χ1) is 14.1. The third kappa shape index (κ3) is 5.01. The van der Waals surface area contributed by atoms with Crippen molar-refractivity contribution in [1.82, 2.24) is 5.43 Å². The summed E-state index contributed by atoms with van der Waals surface area (Å²) in [6.07, 6.45) is 2.78. The van der Waals surface area contributed by atoms with Gasteiger partial charge in [0.1, 0.15) is 5.75 Å². The molecule has 8 nitrogen and oxygen atoms in total. The molecule has 0 radical (unpaired) electrons. The zero-order valence-corrected chi connectivity index (χ0v) is 15.5. The van der Waals surface area contributed by atoms with Crippen molar-refractivity contribution in [1.29, 1.82) is 0 Å². The number of benzene rings is 2. The number of amides is 1. The second-order valence-electron chi connectivity index (χ2n) is 5.72. The number of phenolic OH excluding ortho intramolecular Hbond substituents is 1. The molecule has 1 heterocycles. The Morgan fingerprint density at radius 1 is 1.14 bits per heavy atom. The number of para-hydroxylation sites is 1. The van der Waals surface area contributed by atoms with Crippen molar-refractivity contribution in [3.05, 3.63) is 77.7 Å². The Hall–Kier alpha value is -4.07. The van der Waals surface area contributed by atoms with E-state index >= 15 is 0 Å². The van der Waals surface area contributed by atoms with Gasteiger partial charge in [-0.05, 0) is 55.0 Å². The van der Waals surface area contributed by atoms with Crippen LogP contribution in [0.25, 0.3) is 0 Å². The van der Waals surface area contributed by atoms with E-state index in [1.165, 1.54) is 30.7 Å². The van der Waals surface area contributed by atoms with E-state index in [0.717, 1.165) is 0 Å². The monoisotopic (exact) mass is 394 g/mol. The molecule has 0 aliphatic carbocycles. The van der Waals surface area contributed by atoms with Crippen LogP contribution < -0.4 is 14.9 Å². The van der Waals surface area contributed by atoms with Crippen molar-refractivity contribution < 1.29 is 28.6 Å². The summed E-state index contributed by atoms with van der Waals surface area (Å²) in [5.41, 5.74) is 3.05. The molecular weight excluding hydrogens is 376 g/mol. The SMILES string of the molecule is CCOc1cc(/C=N/NC(=O)c2ccccc2O)ccc1OC(=O)c1ccco1. The van der Waals surface area contributed by atoms with Crippen LogP contribution in [0.4, 0.5) is 0 Å². The molecule has 0 saturated carbocycles. The molecule has 0 fully saturated rings. The van der Waals surface area contributed by atoms with Crippen molar-refractivity contribution in [3.63, 3.8) is 0 Å². The number of nitrogens with one attached hydrogen (secondary N) is 1. The molecule has 1 aromatic heterocycles. The van der Waals surface area contributed by atoms with Gasteiger partial charge in [0.25, 0.3) is 5.91 Å². The first kappa shape index (κ1) is 19.7. The molecule has 0 unspecified atom stereocenters. The highest BCUT2D eigenvalue weighted by Gasteiger charge is 2.15. The number of aromatic hydroxyl groups is 1. The fourth-order valence-electron chi connectivity index (χ4n) is 2.39. The van der Waals surface area contributed by atoms with Crippen molar-refractivity contribution in [2.24, 2.45) is 5.10 Å². The van der Waals surface area contributed by atoms with Crippen molar-refractivity contribution in [2.45, 2.75) is 6.92 Å². The van der Waals surface area contributed by atoms with E-state index in [-0.39, 0.29) is 22.8 Å². The third-order valence-electron chi connectivity index (χ3n) is 3.72. The number of furan rings is 1. The predicted molar refractivity (Wildman–Crippen MR) is 104 cm³/mol. The maximum Gasteiger partial charge on any atom is 0.379 e. The van der Waals surface area contributed by atoms with E-state index in [1.807, 2.05) is 0 Å². The summed E-state index contributed by atoms with van der Waals surface area (Å²) in [4.78, 5) is 24.1. The lowest BCUT2D eigenvalue weighted by Crippen LogP contribution is -2.17. The molecule has 0 aliphatic rings. The molecule has 2 N–H and O–H groups in total. The van der Waals surface area contributed by atoms with Gasteiger partial charge in [0, 0.05) is 0 Å². The summed E-state index contributed by atoms with van der Waals surface area (Å²) < 4.78 is 15.8. The minimum absolute atomic E-state index is 0.0740. The van der Waals surface area contributed by atoms with Crippen molar-refractivity contribution >= 4 is 18.1 Å². The number of ether oxygens (including phenoxy) is 2. The third-order valence-corrected chi connectivity index (χ3v) is 3.72. The summed E-state index contributed by atoms with van der Waals surface area (Å²) in [6.45, 7) is 2.15. The van der Waals surface area contributed by atoms with Gasteiger partial charge in [-0.15, -0.1) is 0 Å². The van der Waals surface area contributed by atoms with Gasteiger partial charge in [-0.3, -0.25) is 4.79 Å². The summed E-state index contributed by atoms with van der Waals surface area (Å²) in [5.74, 6) is -0.695. The van der Waals surface area contributed by atoms with Gasteiger partial charge < -0.3 is 19.0 Å². The number of hydrogen-bond donors (Lipinski definition) is 2. The number of rotatable bonds is 7. The molecule has 0 aliphatic heterocycles. The highest BCUT2D eigenvalue weighted by atomic mass is 16.6. The van der Waals surface area contributed by atoms with E-state index in [1.54, 1.807) is 43.3 Å². The fraction of sp³-hybridized carbons (Fsp3) is 0.0952. The number of hydrogen-bond acceptors (Lipinski definition) is 7. The van der Waals surface area contributed by atoms with Crippen LogP contribution in [-0.2, 0) is 0 Å². The summed E-state index contributed by atoms with van der Waals surface area (Å²) in [6, 6.07) is 14.0. The lowest BCUT2D eigenvalue weighted by Gasteiger charge is -2.10. The lowest BCUT2D eigenvalue weighted by molar-refractivity contribution is 0.0695. The molecule has 148 valence electrons. The maximum absolute atomic E-state index is 12.1. The molecule has 0 atom stereocenters. The molecule has 2 aromatic carbocycles. The Labute approximate surface area is 166 Å². The van der Waals surface area contributed by atoms with Crippen LogP contribution in [0.1, 0.15) is 33.4 Å². The van der Waals surface area contributed by atoms with E-state index in [9.17, 15) is 14.7 Å². The van der Waals surface area contributed by atoms with Crippen LogP contribution in [0.3, 0.4) is 0 Å². The molecular formula is C21H18N2O6. The van der Waals surface area contributed by atoms with Crippen molar-refractivity contribution in [3.8, 4) is 17.2 Å². The Morgan fingerprint density at radius 2 is 1.97 bits per heavy atom. The summed E-state index contributed by atoms with van der Waals surface area (Å²) in [5, 5.41) is 13.6. The molecule has 0 bridgehead atoms. The number of esters is 1. The Kier molecular flexibility index (Phi) is 6.26. The Balaban J connectivity index is 1.70. The fourth-order valence-corrected chi connectivity index (χ4v) is 2.39. The number of phenols is 1. The lowest BCUT2D eigenvalue weighted by atomic mass is 10.2. The highest BCUT2D eigenvalue weighted by Crippen LogP contribution is 2.29. The van der Waals surface area contributed by atoms with Gasteiger partial charge >= 0.3 is 5.97 Å². The zero-order valence-electron chi connectivity index (χ0n) is 15.5. The normalized spacial score (nSPS) is 10.7. The smallest absolute Gasteiger partial charge is 0.379 e. The number of hydrazone groups is 1. The standard InChI is InChI=1S/C21H18N2O6/c1-2-27-19-12-14(9-10-17(19)29-21(26)18-8-5-11-28-18)13-22-23-20(25)15-6-3-4-7-16(15)24/h3-13,24H,2H2,1H3,(H,23,25)/b22-13+. The first-order valence-corrected chi connectivity index (χ1v) is 8.72. The topological polar surface area (TPSA) is 110 Å². The zero-order chi connectivity index (χ0) is 20.6.